The van der Waals surface area contributed by atoms with Crippen LogP contribution in [0.15, 0.2) is 230 Å². The quantitative estimate of drug-likeness (QED) is 0.160. The van der Waals surface area contributed by atoms with Gasteiger partial charge in [0.05, 0.1) is 37.4 Å². The van der Waals surface area contributed by atoms with Crippen molar-refractivity contribution in [3.8, 4) is 73.9 Å². The molecule has 3 aromatic heterocycles. The second-order valence-electron chi connectivity index (χ2n) is 16.9. The van der Waals surface area contributed by atoms with Gasteiger partial charge in [-0.05, 0) is 93.6 Å². The van der Waals surface area contributed by atoms with Crippen LogP contribution in [0.2, 0.25) is 0 Å². The molecule has 0 bridgehead atoms. The average Bonchev–Trinajstić information content (AvgIpc) is 3.95. The van der Waals surface area contributed by atoms with Gasteiger partial charge in [-0.1, -0.05) is 170 Å². The number of hydrogen-bond donors (Lipinski definition) is 0. The highest BCUT2D eigenvalue weighted by atomic mass is 15.0. The zero-order chi connectivity index (χ0) is 47.7. The second-order valence-corrected chi connectivity index (χ2v) is 16.9. The Labute approximate surface area is 396 Å². The van der Waals surface area contributed by atoms with Crippen LogP contribution < -0.4 is 0 Å². The van der Waals surface area contributed by atoms with Gasteiger partial charge >= 0.3 is 0 Å². The minimum Gasteiger partial charge on any atom is -0.309 e. The SMILES string of the molecule is [2H]c1c([2H])c(-n2c3ccccc3c3ccc4c(c5ccccc5n4-c4ccc5ccccc5c4)c32)c(C#N)c([2H])c1-c1nc(-c2cccc(-c3ccccc3)c2)nc(-c2cccc(-c3ccccc3)c2)n1. The van der Waals surface area contributed by atoms with Crippen molar-refractivity contribution in [2.75, 3.05) is 0 Å². The van der Waals surface area contributed by atoms with Gasteiger partial charge in [0.15, 0.2) is 17.5 Å². The third-order valence-electron chi connectivity index (χ3n) is 12.9. The Bertz CT molecular complexity index is 4240. The van der Waals surface area contributed by atoms with Crippen molar-refractivity contribution in [3.63, 3.8) is 0 Å². The number of aromatic nitrogens is 5. The third-order valence-corrected chi connectivity index (χ3v) is 12.9. The van der Waals surface area contributed by atoms with Gasteiger partial charge in [0.1, 0.15) is 6.07 Å². The van der Waals surface area contributed by atoms with Gasteiger partial charge in [0.25, 0.3) is 0 Å². The van der Waals surface area contributed by atoms with Crippen LogP contribution in [0.25, 0.3) is 122 Å². The predicted molar refractivity (Wildman–Crippen MR) is 278 cm³/mol. The van der Waals surface area contributed by atoms with E-state index in [2.05, 4.69) is 65.2 Å². The van der Waals surface area contributed by atoms with E-state index in [4.69, 9.17) is 15.0 Å². The number of hydrogen-bond acceptors (Lipinski definition) is 4. The second kappa shape index (κ2) is 15.9. The van der Waals surface area contributed by atoms with Crippen molar-refractivity contribution in [3.05, 3.63) is 236 Å². The summed E-state index contributed by atoms with van der Waals surface area (Å²) in [7, 11) is 0. The zero-order valence-electron chi connectivity index (χ0n) is 39.4. The van der Waals surface area contributed by atoms with Crippen molar-refractivity contribution < 1.29 is 4.11 Å². The molecule has 6 nitrogen and oxygen atoms in total. The van der Waals surface area contributed by atoms with Gasteiger partial charge in [-0.15, -0.1) is 0 Å². The van der Waals surface area contributed by atoms with Crippen LogP contribution in [0.1, 0.15) is 9.68 Å². The lowest BCUT2D eigenvalue weighted by atomic mass is 10.0. The molecule has 0 atom stereocenters. The van der Waals surface area contributed by atoms with Crippen LogP contribution in [0, 0.1) is 11.3 Å². The topological polar surface area (TPSA) is 72.3 Å². The smallest absolute Gasteiger partial charge is 0.164 e. The molecule has 0 radical (unpaired) electrons. The van der Waals surface area contributed by atoms with E-state index in [1.165, 1.54) is 0 Å². The average molecular weight is 870 g/mol. The molecule has 13 rings (SSSR count). The van der Waals surface area contributed by atoms with Crippen LogP contribution in [-0.2, 0) is 0 Å². The molecule has 68 heavy (non-hydrogen) atoms. The first kappa shape index (κ1) is 35.9. The van der Waals surface area contributed by atoms with E-state index in [0.717, 1.165) is 82.3 Å². The van der Waals surface area contributed by atoms with Gasteiger partial charge in [-0.2, -0.15) is 5.26 Å². The number of rotatable bonds is 7. The van der Waals surface area contributed by atoms with E-state index in [-0.39, 0.29) is 40.8 Å². The van der Waals surface area contributed by atoms with E-state index in [1.807, 2.05) is 162 Å². The van der Waals surface area contributed by atoms with Gasteiger partial charge in [-0.25, -0.2) is 15.0 Å². The van der Waals surface area contributed by atoms with Crippen LogP contribution >= 0.6 is 0 Å². The Morgan fingerprint density at radius 1 is 0.397 bits per heavy atom. The van der Waals surface area contributed by atoms with Crippen molar-refractivity contribution >= 4 is 54.4 Å². The van der Waals surface area contributed by atoms with Gasteiger partial charge in [0.2, 0.25) is 0 Å². The lowest BCUT2D eigenvalue weighted by molar-refractivity contribution is 1.07. The predicted octanol–water partition coefficient (Wildman–Crippen LogP) is 15.4. The molecule has 0 saturated carbocycles. The molecular formula is C62H38N6. The van der Waals surface area contributed by atoms with Crippen molar-refractivity contribution in [1.29, 1.82) is 5.26 Å². The zero-order valence-corrected chi connectivity index (χ0v) is 36.4. The number of nitriles is 1. The fraction of sp³-hybridized carbons (Fsp3) is 0. The first-order chi connectivity index (χ1) is 34.9. The number of benzene rings is 10. The fourth-order valence-corrected chi connectivity index (χ4v) is 9.78. The minimum atomic E-state index is -0.278. The summed E-state index contributed by atoms with van der Waals surface area (Å²) in [5.41, 5.74) is 9.88. The summed E-state index contributed by atoms with van der Waals surface area (Å²) in [4.78, 5) is 15.1. The van der Waals surface area contributed by atoms with Crippen LogP contribution in [0.4, 0.5) is 0 Å². The largest absolute Gasteiger partial charge is 0.309 e. The van der Waals surface area contributed by atoms with E-state index in [1.54, 1.807) is 0 Å². The van der Waals surface area contributed by atoms with E-state index >= 15 is 0 Å². The summed E-state index contributed by atoms with van der Waals surface area (Å²) in [5.74, 6) is 0.677. The maximum Gasteiger partial charge on any atom is 0.164 e. The summed E-state index contributed by atoms with van der Waals surface area (Å²) in [5, 5.41) is 17.3. The summed E-state index contributed by atoms with van der Waals surface area (Å²) in [6.45, 7) is 0. The standard InChI is InChI=1S/C62H38N6/c63-39-49-37-48(62-65-60(46-23-13-21-43(35-46)40-15-3-1-4-16-40)64-61(66-62)47-24-14-22-44(36-47)41-17-5-2-6-18-41)30-33-54(49)68-55-27-11-9-25-51(55)52-32-34-57-58(59(52)68)53-26-10-12-28-56(53)67(57)50-31-29-42-19-7-8-20-45(42)38-50/h1-38H/i30D,33D,37D. The van der Waals surface area contributed by atoms with Crippen LogP contribution in [0.3, 0.4) is 0 Å². The maximum atomic E-state index is 11.3. The molecule has 13 aromatic rings. The monoisotopic (exact) mass is 869 g/mol. The molecular weight excluding hydrogens is 829 g/mol. The van der Waals surface area contributed by atoms with Crippen LogP contribution in [-0.4, -0.2) is 24.1 Å². The first-order valence-corrected chi connectivity index (χ1v) is 22.5. The molecule has 0 N–H and O–H groups in total. The minimum absolute atomic E-state index is 0.0230. The molecule has 0 fully saturated rings. The van der Waals surface area contributed by atoms with E-state index in [0.29, 0.717) is 22.8 Å². The Hall–Kier alpha value is -9.44. The Balaban J connectivity index is 1.06. The van der Waals surface area contributed by atoms with E-state index in [9.17, 15) is 9.37 Å². The molecule has 0 aliphatic heterocycles. The molecule has 0 aliphatic rings. The van der Waals surface area contributed by atoms with Crippen molar-refractivity contribution in [2.45, 2.75) is 0 Å². The molecule has 0 aliphatic carbocycles. The Kier molecular flexibility index (Phi) is 8.39. The lowest BCUT2D eigenvalue weighted by Gasteiger charge is -2.14. The summed E-state index contributed by atoms with van der Waals surface area (Å²) < 4.78 is 34.0. The van der Waals surface area contributed by atoms with Crippen molar-refractivity contribution in [2.24, 2.45) is 0 Å². The number of fused-ring (bicyclic) bond motifs is 8. The molecule has 0 spiro atoms. The van der Waals surface area contributed by atoms with Crippen LogP contribution in [0.5, 0.6) is 0 Å². The molecule has 10 aromatic carbocycles. The Morgan fingerprint density at radius 3 is 1.60 bits per heavy atom. The maximum absolute atomic E-state index is 11.3. The highest BCUT2D eigenvalue weighted by Crippen LogP contribution is 2.43. The molecule has 6 heteroatoms. The summed E-state index contributed by atoms with van der Waals surface area (Å²) >= 11 is 0. The van der Waals surface area contributed by atoms with Gasteiger partial charge in [0, 0.05) is 43.9 Å². The highest BCUT2D eigenvalue weighted by Gasteiger charge is 2.23. The summed E-state index contributed by atoms with van der Waals surface area (Å²) in [6, 6.07) is 72.8. The van der Waals surface area contributed by atoms with E-state index < -0.39 is 0 Å². The van der Waals surface area contributed by atoms with Gasteiger partial charge < -0.3 is 9.13 Å². The number of para-hydroxylation sites is 2. The van der Waals surface area contributed by atoms with Crippen molar-refractivity contribution in [1.82, 2.24) is 24.1 Å². The highest BCUT2D eigenvalue weighted by molar-refractivity contribution is 6.26. The Morgan fingerprint density at radius 2 is 0.941 bits per heavy atom. The molecule has 316 valence electrons. The third kappa shape index (κ3) is 6.45. The molecule has 0 amide bonds. The van der Waals surface area contributed by atoms with Gasteiger partial charge in [-0.3, -0.25) is 0 Å². The molecule has 0 unspecified atom stereocenters. The number of nitrogens with zero attached hydrogens (tertiary/aromatic N) is 6. The fourth-order valence-electron chi connectivity index (χ4n) is 9.78. The molecule has 0 saturated heterocycles. The molecule has 3 heterocycles. The normalized spacial score (nSPS) is 12.1. The summed E-state index contributed by atoms with van der Waals surface area (Å²) in [6.07, 6.45) is 0. The lowest BCUT2D eigenvalue weighted by Crippen LogP contribution is -2.02. The first-order valence-electron chi connectivity index (χ1n) is 24.0.